The van der Waals surface area contributed by atoms with Crippen LogP contribution >= 0.6 is 11.6 Å². The van der Waals surface area contributed by atoms with Gasteiger partial charge in [-0.05, 0) is 18.9 Å². The molecule has 2 rings (SSSR count). The summed E-state index contributed by atoms with van der Waals surface area (Å²) in [6, 6.07) is 6.03. The normalized spacial score (nSPS) is 19.8. The van der Waals surface area contributed by atoms with E-state index in [1.54, 1.807) is 0 Å². The van der Waals surface area contributed by atoms with Gasteiger partial charge in [-0.15, -0.1) is 0 Å². The molecule has 4 heteroatoms. The van der Waals surface area contributed by atoms with Crippen molar-refractivity contribution in [2.75, 3.05) is 19.8 Å². The highest BCUT2D eigenvalue weighted by molar-refractivity contribution is 6.32. The SMILES string of the molecule is OCCNC1CCCOc2c(Cl)cccc21. The van der Waals surface area contributed by atoms with Gasteiger partial charge >= 0.3 is 0 Å². The minimum Gasteiger partial charge on any atom is -0.492 e. The van der Waals surface area contributed by atoms with Gasteiger partial charge in [0.15, 0.2) is 0 Å². The Balaban J connectivity index is 2.26. The second-order valence-corrected chi connectivity index (χ2v) is 4.29. The molecule has 0 spiro atoms. The van der Waals surface area contributed by atoms with Crippen molar-refractivity contribution in [1.29, 1.82) is 0 Å². The lowest BCUT2D eigenvalue weighted by Gasteiger charge is -2.18. The first-order chi connectivity index (χ1) is 7.83. The maximum atomic E-state index is 8.85. The smallest absolute Gasteiger partial charge is 0.142 e. The molecule has 1 aliphatic rings. The predicted molar refractivity (Wildman–Crippen MR) is 64.0 cm³/mol. The lowest BCUT2D eigenvalue weighted by molar-refractivity contribution is 0.281. The summed E-state index contributed by atoms with van der Waals surface area (Å²) in [5.74, 6) is 0.789. The Hall–Kier alpha value is -0.770. The second-order valence-electron chi connectivity index (χ2n) is 3.88. The molecule has 3 nitrogen and oxygen atoms in total. The summed E-state index contributed by atoms with van der Waals surface area (Å²) in [5, 5.41) is 12.8. The molecule has 88 valence electrons. The van der Waals surface area contributed by atoms with E-state index < -0.39 is 0 Å². The molecule has 1 unspecified atom stereocenters. The zero-order valence-corrected chi connectivity index (χ0v) is 9.83. The molecule has 0 aliphatic carbocycles. The quantitative estimate of drug-likeness (QED) is 0.852. The van der Waals surface area contributed by atoms with E-state index >= 15 is 0 Å². The van der Waals surface area contributed by atoms with Gasteiger partial charge in [-0.2, -0.15) is 0 Å². The molecule has 1 aromatic rings. The Bertz CT molecular complexity index is 357. The van der Waals surface area contributed by atoms with E-state index in [1.165, 1.54) is 0 Å². The number of nitrogens with one attached hydrogen (secondary N) is 1. The highest BCUT2D eigenvalue weighted by Crippen LogP contribution is 2.36. The molecule has 0 radical (unpaired) electrons. The van der Waals surface area contributed by atoms with Gasteiger partial charge in [-0.1, -0.05) is 23.7 Å². The van der Waals surface area contributed by atoms with Crippen LogP contribution < -0.4 is 10.1 Å². The number of hydrogen-bond acceptors (Lipinski definition) is 3. The van der Waals surface area contributed by atoms with Crippen molar-refractivity contribution >= 4 is 11.6 Å². The summed E-state index contributed by atoms with van der Waals surface area (Å²) in [6.45, 7) is 1.44. The second kappa shape index (κ2) is 5.53. The highest BCUT2D eigenvalue weighted by atomic mass is 35.5. The van der Waals surface area contributed by atoms with Gasteiger partial charge in [0.05, 0.1) is 18.2 Å². The molecule has 0 amide bonds. The Morgan fingerprint density at radius 3 is 3.19 bits per heavy atom. The van der Waals surface area contributed by atoms with E-state index in [2.05, 4.69) is 5.32 Å². The summed E-state index contributed by atoms with van der Waals surface area (Å²) in [4.78, 5) is 0. The van der Waals surface area contributed by atoms with E-state index in [1.807, 2.05) is 18.2 Å². The third-order valence-corrected chi connectivity index (χ3v) is 3.06. The first-order valence-corrected chi connectivity index (χ1v) is 5.96. The molecule has 2 N–H and O–H groups in total. The first kappa shape index (κ1) is 11.7. The van der Waals surface area contributed by atoms with Crippen molar-refractivity contribution in [3.05, 3.63) is 28.8 Å². The largest absolute Gasteiger partial charge is 0.492 e. The third-order valence-electron chi connectivity index (χ3n) is 2.76. The van der Waals surface area contributed by atoms with Crippen molar-refractivity contribution in [3.63, 3.8) is 0 Å². The number of aliphatic hydroxyl groups excluding tert-OH is 1. The lowest BCUT2D eigenvalue weighted by atomic mass is 10.0. The van der Waals surface area contributed by atoms with Crippen molar-refractivity contribution in [2.45, 2.75) is 18.9 Å². The van der Waals surface area contributed by atoms with Gasteiger partial charge in [-0.3, -0.25) is 0 Å². The zero-order chi connectivity index (χ0) is 11.4. The van der Waals surface area contributed by atoms with E-state index in [9.17, 15) is 0 Å². The third kappa shape index (κ3) is 2.48. The fourth-order valence-electron chi connectivity index (χ4n) is 2.02. The van der Waals surface area contributed by atoms with Crippen molar-refractivity contribution in [1.82, 2.24) is 5.32 Å². The number of rotatable bonds is 3. The van der Waals surface area contributed by atoms with Gasteiger partial charge in [0, 0.05) is 18.2 Å². The summed E-state index contributed by atoms with van der Waals surface area (Å²) >= 11 is 6.11. The number of ether oxygens (including phenoxy) is 1. The molecule has 0 fully saturated rings. The number of benzene rings is 1. The molecule has 1 aliphatic heterocycles. The number of halogens is 1. The topological polar surface area (TPSA) is 41.5 Å². The van der Waals surface area contributed by atoms with Gasteiger partial charge in [0.2, 0.25) is 0 Å². The van der Waals surface area contributed by atoms with Crippen LogP contribution in [0.2, 0.25) is 5.02 Å². The monoisotopic (exact) mass is 241 g/mol. The Labute approximate surface area is 100 Å². The van der Waals surface area contributed by atoms with Crippen molar-refractivity contribution in [2.24, 2.45) is 0 Å². The zero-order valence-electron chi connectivity index (χ0n) is 9.08. The van der Waals surface area contributed by atoms with E-state index in [0.717, 1.165) is 24.2 Å². The number of para-hydroxylation sites is 1. The summed E-state index contributed by atoms with van der Waals surface area (Å²) in [5.41, 5.74) is 1.10. The van der Waals surface area contributed by atoms with Crippen LogP contribution in [0.15, 0.2) is 18.2 Å². The molecule has 1 atom stereocenters. The molecule has 0 aromatic heterocycles. The molecule has 16 heavy (non-hydrogen) atoms. The minimum absolute atomic E-state index is 0.146. The van der Waals surface area contributed by atoms with Crippen LogP contribution in [-0.4, -0.2) is 24.9 Å². The summed E-state index contributed by atoms with van der Waals surface area (Å²) in [6.07, 6.45) is 2.00. The average Bonchev–Trinajstić information content (AvgIpc) is 2.50. The van der Waals surface area contributed by atoms with Crippen LogP contribution in [0.25, 0.3) is 0 Å². The minimum atomic E-state index is 0.146. The van der Waals surface area contributed by atoms with Gasteiger partial charge in [-0.25, -0.2) is 0 Å². The Kier molecular flexibility index (Phi) is 4.04. The van der Waals surface area contributed by atoms with Crippen LogP contribution in [0.4, 0.5) is 0 Å². The highest BCUT2D eigenvalue weighted by Gasteiger charge is 2.20. The number of aliphatic hydroxyl groups is 1. The molecular formula is C12H16ClNO2. The molecule has 0 saturated carbocycles. The Morgan fingerprint density at radius 2 is 2.38 bits per heavy atom. The predicted octanol–water partition coefficient (Wildman–Crippen LogP) is 2.14. The molecule has 1 aromatic carbocycles. The van der Waals surface area contributed by atoms with E-state index in [4.69, 9.17) is 21.4 Å². The number of fused-ring (bicyclic) bond motifs is 1. The van der Waals surface area contributed by atoms with Crippen LogP contribution in [0.5, 0.6) is 5.75 Å². The fraction of sp³-hybridized carbons (Fsp3) is 0.500. The van der Waals surface area contributed by atoms with E-state index in [-0.39, 0.29) is 12.6 Å². The Morgan fingerprint density at radius 1 is 1.50 bits per heavy atom. The first-order valence-electron chi connectivity index (χ1n) is 5.58. The van der Waals surface area contributed by atoms with Gasteiger partial charge < -0.3 is 15.2 Å². The van der Waals surface area contributed by atoms with Gasteiger partial charge in [0.25, 0.3) is 0 Å². The molecule has 0 bridgehead atoms. The number of hydrogen-bond donors (Lipinski definition) is 2. The fourth-order valence-corrected chi connectivity index (χ4v) is 2.26. The molecule has 1 heterocycles. The van der Waals surface area contributed by atoms with Gasteiger partial charge in [0.1, 0.15) is 5.75 Å². The van der Waals surface area contributed by atoms with E-state index in [0.29, 0.717) is 18.2 Å². The maximum Gasteiger partial charge on any atom is 0.142 e. The molecule has 0 saturated heterocycles. The van der Waals surface area contributed by atoms with Crippen LogP contribution in [-0.2, 0) is 0 Å². The van der Waals surface area contributed by atoms with Crippen LogP contribution in [0, 0.1) is 0 Å². The van der Waals surface area contributed by atoms with Crippen molar-refractivity contribution in [3.8, 4) is 5.75 Å². The average molecular weight is 242 g/mol. The summed E-state index contributed by atoms with van der Waals surface area (Å²) in [7, 11) is 0. The van der Waals surface area contributed by atoms with Crippen LogP contribution in [0.3, 0.4) is 0 Å². The molecular weight excluding hydrogens is 226 g/mol. The standard InChI is InChI=1S/C12H16ClNO2/c13-10-4-1-3-9-11(14-6-7-15)5-2-8-16-12(9)10/h1,3-4,11,14-15H,2,5-8H2. The summed E-state index contributed by atoms with van der Waals surface area (Å²) < 4.78 is 5.65. The van der Waals surface area contributed by atoms with Crippen LogP contribution in [0.1, 0.15) is 24.4 Å². The lowest BCUT2D eigenvalue weighted by Crippen LogP contribution is -2.24. The maximum absolute atomic E-state index is 8.85. The van der Waals surface area contributed by atoms with Crippen molar-refractivity contribution < 1.29 is 9.84 Å².